The number of guanidine groups is 1. The highest BCUT2D eigenvalue weighted by Gasteiger charge is 2.20. The summed E-state index contributed by atoms with van der Waals surface area (Å²) in [7, 11) is 0. The fourth-order valence-corrected chi connectivity index (χ4v) is 2.34. The fourth-order valence-electron chi connectivity index (χ4n) is 2.34. The van der Waals surface area contributed by atoms with E-state index in [2.05, 4.69) is 41.3 Å². The predicted octanol–water partition coefficient (Wildman–Crippen LogP) is 2.46. The molecule has 118 valence electrons. The van der Waals surface area contributed by atoms with Crippen LogP contribution < -0.4 is 10.6 Å². The second-order valence-electron chi connectivity index (χ2n) is 5.78. The molecule has 0 radical (unpaired) electrons. The Kier molecular flexibility index (Phi) is 9.46. The predicted molar refractivity (Wildman–Crippen MR) is 88.3 cm³/mol. The molecule has 0 spiro atoms. The first-order valence-corrected chi connectivity index (χ1v) is 8.54. The monoisotopic (exact) mass is 282 g/mol. The van der Waals surface area contributed by atoms with Crippen molar-refractivity contribution in [3.05, 3.63) is 0 Å². The van der Waals surface area contributed by atoms with Crippen LogP contribution in [0, 0.1) is 5.92 Å². The normalized spacial score (nSPS) is 15.7. The van der Waals surface area contributed by atoms with Crippen LogP contribution in [-0.4, -0.2) is 50.1 Å². The first kappa shape index (κ1) is 17.3. The third-order valence-electron chi connectivity index (χ3n) is 3.57. The molecule has 1 aliphatic carbocycles. The van der Waals surface area contributed by atoms with Gasteiger partial charge in [0.25, 0.3) is 0 Å². The van der Waals surface area contributed by atoms with Crippen molar-refractivity contribution in [1.29, 1.82) is 0 Å². The smallest absolute Gasteiger partial charge is 0.191 e. The summed E-state index contributed by atoms with van der Waals surface area (Å²) in [5.41, 5.74) is 0. The van der Waals surface area contributed by atoms with Crippen LogP contribution in [0.25, 0.3) is 0 Å². The Balaban J connectivity index is 2.16. The summed E-state index contributed by atoms with van der Waals surface area (Å²) < 4.78 is 0. The molecule has 1 saturated carbocycles. The second-order valence-corrected chi connectivity index (χ2v) is 5.78. The van der Waals surface area contributed by atoms with Crippen LogP contribution in [0.1, 0.15) is 52.9 Å². The van der Waals surface area contributed by atoms with E-state index in [1.165, 1.54) is 51.7 Å². The van der Waals surface area contributed by atoms with Crippen LogP contribution in [0.2, 0.25) is 0 Å². The van der Waals surface area contributed by atoms with Gasteiger partial charge >= 0.3 is 0 Å². The number of nitrogens with zero attached hydrogens (tertiary/aromatic N) is 2. The zero-order valence-electron chi connectivity index (χ0n) is 13.7. The minimum atomic E-state index is 0.857. The van der Waals surface area contributed by atoms with E-state index in [1.54, 1.807) is 0 Å². The summed E-state index contributed by atoms with van der Waals surface area (Å²) in [6.45, 7) is 13.2. The van der Waals surface area contributed by atoms with E-state index in [1.807, 2.05) is 0 Å². The van der Waals surface area contributed by atoms with Crippen molar-refractivity contribution in [2.45, 2.75) is 52.9 Å². The highest BCUT2D eigenvalue weighted by atomic mass is 15.2. The summed E-state index contributed by atoms with van der Waals surface area (Å²) in [4.78, 5) is 7.21. The lowest BCUT2D eigenvalue weighted by atomic mass is 10.3. The van der Waals surface area contributed by atoms with Gasteiger partial charge in [-0.3, -0.25) is 4.99 Å². The average molecular weight is 282 g/mol. The lowest BCUT2D eigenvalue weighted by Crippen LogP contribution is -2.39. The van der Waals surface area contributed by atoms with Gasteiger partial charge in [0.2, 0.25) is 0 Å². The topological polar surface area (TPSA) is 39.7 Å². The number of rotatable bonds is 11. The Morgan fingerprint density at radius 2 is 1.75 bits per heavy atom. The van der Waals surface area contributed by atoms with Crippen molar-refractivity contribution in [3.63, 3.8) is 0 Å². The molecule has 1 fully saturated rings. The van der Waals surface area contributed by atoms with Crippen LogP contribution in [0.4, 0.5) is 0 Å². The molecule has 0 atom stereocenters. The van der Waals surface area contributed by atoms with E-state index in [9.17, 15) is 0 Å². The highest BCUT2D eigenvalue weighted by molar-refractivity contribution is 5.79. The number of nitrogens with one attached hydrogen (secondary N) is 2. The molecule has 0 aromatic heterocycles. The van der Waals surface area contributed by atoms with Crippen molar-refractivity contribution < 1.29 is 0 Å². The SMILES string of the molecule is CCCN(CCC)CCCNC(=NCC1CC1)NCC. The molecule has 0 aliphatic heterocycles. The first-order chi connectivity index (χ1) is 9.80. The van der Waals surface area contributed by atoms with Gasteiger partial charge < -0.3 is 15.5 Å². The lowest BCUT2D eigenvalue weighted by molar-refractivity contribution is 0.271. The summed E-state index contributed by atoms with van der Waals surface area (Å²) in [6.07, 6.45) is 6.42. The van der Waals surface area contributed by atoms with Crippen LogP contribution >= 0.6 is 0 Å². The van der Waals surface area contributed by atoms with E-state index in [-0.39, 0.29) is 0 Å². The van der Waals surface area contributed by atoms with Crippen molar-refractivity contribution in [1.82, 2.24) is 15.5 Å². The molecule has 20 heavy (non-hydrogen) atoms. The first-order valence-electron chi connectivity index (χ1n) is 8.54. The summed E-state index contributed by atoms with van der Waals surface area (Å²) >= 11 is 0. The molecule has 0 aromatic rings. The van der Waals surface area contributed by atoms with Gasteiger partial charge in [-0.05, 0) is 64.6 Å². The lowest BCUT2D eigenvalue weighted by Gasteiger charge is -2.21. The molecule has 1 aliphatic rings. The highest BCUT2D eigenvalue weighted by Crippen LogP contribution is 2.28. The van der Waals surface area contributed by atoms with E-state index in [0.717, 1.165) is 31.5 Å². The molecule has 0 aromatic carbocycles. The van der Waals surface area contributed by atoms with Crippen molar-refractivity contribution in [3.8, 4) is 0 Å². The standard InChI is InChI=1S/C16H34N4/c1-4-11-20(12-5-2)13-7-10-18-16(17-6-3)19-14-15-8-9-15/h15H,4-14H2,1-3H3,(H2,17,18,19). The quantitative estimate of drug-likeness (QED) is 0.347. The van der Waals surface area contributed by atoms with Crippen molar-refractivity contribution >= 4 is 5.96 Å². The summed E-state index contributed by atoms with van der Waals surface area (Å²) in [5.74, 6) is 1.85. The van der Waals surface area contributed by atoms with Crippen molar-refractivity contribution in [2.24, 2.45) is 10.9 Å². The van der Waals surface area contributed by atoms with Gasteiger partial charge in [-0.2, -0.15) is 0 Å². The Morgan fingerprint density at radius 3 is 2.30 bits per heavy atom. The average Bonchev–Trinajstić information content (AvgIpc) is 3.25. The van der Waals surface area contributed by atoms with Gasteiger partial charge in [-0.15, -0.1) is 0 Å². The molecule has 0 amide bonds. The molecule has 4 heteroatoms. The van der Waals surface area contributed by atoms with Crippen LogP contribution in [0.5, 0.6) is 0 Å². The largest absolute Gasteiger partial charge is 0.357 e. The Hall–Kier alpha value is -0.770. The zero-order chi connectivity index (χ0) is 14.6. The van der Waals surface area contributed by atoms with Gasteiger partial charge in [0.05, 0.1) is 0 Å². The zero-order valence-corrected chi connectivity index (χ0v) is 13.7. The Bertz CT molecular complexity index is 255. The minimum absolute atomic E-state index is 0.857. The van der Waals surface area contributed by atoms with Crippen molar-refractivity contribution in [2.75, 3.05) is 39.3 Å². The van der Waals surface area contributed by atoms with Crippen LogP contribution in [-0.2, 0) is 0 Å². The van der Waals surface area contributed by atoms with E-state index in [0.29, 0.717) is 0 Å². The minimum Gasteiger partial charge on any atom is -0.357 e. The van der Waals surface area contributed by atoms with Gasteiger partial charge in [-0.1, -0.05) is 13.8 Å². The maximum absolute atomic E-state index is 4.65. The maximum atomic E-state index is 4.65. The third-order valence-corrected chi connectivity index (χ3v) is 3.57. The molecule has 0 unspecified atom stereocenters. The molecular weight excluding hydrogens is 248 g/mol. The molecule has 0 bridgehead atoms. The van der Waals surface area contributed by atoms with Gasteiger partial charge in [0.1, 0.15) is 0 Å². The molecular formula is C16H34N4. The molecule has 0 heterocycles. The van der Waals surface area contributed by atoms with Crippen LogP contribution in [0.15, 0.2) is 4.99 Å². The van der Waals surface area contributed by atoms with E-state index >= 15 is 0 Å². The van der Waals surface area contributed by atoms with E-state index in [4.69, 9.17) is 0 Å². The van der Waals surface area contributed by atoms with Gasteiger partial charge in [0, 0.05) is 19.6 Å². The second kappa shape index (κ2) is 11.0. The third kappa shape index (κ3) is 8.41. The van der Waals surface area contributed by atoms with Gasteiger partial charge in [-0.25, -0.2) is 0 Å². The maximum Gasteiger partial charge on any atom is 0.191 e. The summed E-state index contributed by atoms with van der Waals surface area (Å²) in [6, 6.07) is 0. The molecule has 1 rings (SSSR count). The fraction of sp³-hybridized carbons (Fsp3) is 0.938. The Morgan fingerprint density at radius 1 is 1.05 bits per heavy atom. The number of hydrogen-bond acceptors (Lipinski definition) is 2. The molecule has 2 N–H and O–H groups in total. The van der Waals surface area contributed by atoms with Crippen LogP contribution in [0.3, 0.4) is 0 Å². The molecule has 4 nitrogen and oxygen atoms in total. The summed E-state index contributed by atoms with van der Waals surface area (Å²) in [5, 5.41) is 6.79. The van der Waals surface area contributed by atoms with E-state index < -0.39 is 0 Å². The Labute approximate surface area is 125 Å². The number of hydrogen-bond donors (Lipinski definition) is 2. The van der Waals surface area contributed by atoms with Gasteiger partial charge in [0.15, 0.2) is 5.96 Å². The number of aliphatic imine (C=N–C) groups is 1. The molecule has 0 saturated heterocycles.